The fourth-order valence-corrected chi connectivity index (χ4v) is 1.30. The normalized spacial score (nSPS) is 10.5. The highest BCUT2D eigenvalue weighted by Crippen LogP contribution is 2.09. The summed E-state index contributed by atoms with van der Waals surface area (Å²) in [5.41, 5.74) is 0.906. The first-order valence-electron chi connectivity index (χ1n) is 5.18. The molecule has 2 heterocycles. The highest BCUT2D eigenvalue weighted by molar-refractivity contribution is 5.90. The van der Waals surface area contributed by atoms with Crippen LogP contribution in [0.4, 0.5) is 5.95 Å². The number of hydrogen-bond donors (Lipinski definition) is 1. The number of fused-ring (bicyclic) bond motifs is 1. The molecule has 0 aliphatic heterocycles. The van der Waals surface area contributed by atoms with Crippen molar-refractivity contribution in [3.05, 3.63) is 23.9 Å². The molecule has 6 nitrogen and oxygen atoms in total. The third kappa shape index (κ3) is 2.08. The zero-order valence-electron chi connectivity index (χ0n) is 9.51. The molecule has 0 spiro atoms. The van der Waals surface area contributed by atoms with Crippen molar-refractivity contribution >= 4 is 17.5 Å². The summed E-state index contributed by atoms with van der Waals surface area (Å²) >= 11 is 0. The van der Waals surface area contributed by atoms with Gasteiger partial charge in [0.1, 0.15) is 11.8 Å². The van der Waals surface area contributed by atoms with Crippen LogP contribution < -0.4 is 5.32 Å². The number of anilines is 1. The first kappa shape index (κ1) is 11.1. The standard InChI is InChI=1S/C11H11N5O/c1-7(2)10(17)14-11-13-9-5-3-4-8(6-12)16(9)15-11/h3-5,7H,1-2H3,(H,14,15,17). The van der Waals surface area contributed by atoms with Crippen LogP contribution in [0, 0.1) is 17.2 Å². The number of nitrogens with one attached hydrogen (secondary N) is 1. The van der Waals surface area contributed by atoms with Crippen LogP contribution in [0.5, 0.6) is 0 Å². The van der Waals surface area contributed by atoms with Crippen LogP contribution in [-0.4, -0.2) is 20.5 Å². The van der Waals surface area contributed by atoms with E-state index in [0.29, 0.717) is 11.3 Å². The van der Waals surface area contributed by atoms with Crippen molar-refractivity contribution in [2.75, 3.05) is 5.32 Å². The molecule has 0 saturated heterocycles. The van der Waals surface area contributed by atoms with Gasteiger partial charge >= 0.3 is 0 Å². The molecule has 6 heteroatoms. The molecule has 17 heavy (non-hydrogen) atoms. The number of hydrogen-bond acceptors (Lipinski definition) is 4. The number of amides is 1. The molecule has 2 aromatic heterocycles. The molecule has 2 rings (SSSR count). The largest absolute Gasteiger partial charge is 0.293 e. The summed E-state index contributed by atoms with van der Waals surface area (Å²) in [7, 11) is 0. The lowest BCUT2D eigenvalue weighted by atomic mass is 10.2. The van der Waals surface area contributed by atoms with Gasteiger partial charge in [0.15, 0.2) is 5.65 Å². The SMILES string of the molecule is CC(C)C(=O)Nc1nc2cccc(C#N)n2n1. The Morgan fingerprint density at radius 2 is 2.29 bits per heavy atom. The Labute approximate surface area is 97.9 Å². The minimum atomic E-state index is -0.153. The van der Waals surface area contributed by atoms with Crippen LogP contribution >= 0.6 is 0 Å². The highest BCUT2D eigenvalue weighted by Gasteiger charge is 2.11. The number of carbonyl (C=O) groups excluding carboxylic acids is 1. The van der Waals surface area contributed by atoms with Gasteiger partial charge in [-0.2, -0.15) is 10.2 Å². The highest BCUT2D eigenvalue weighted by atomic mass is 16.2. The first-order valence-corrected chi connectivity index (χ1v) is 5.18. The van der Waals surface area contributed by atoms with Crippen LogP contribution in [0.15, 0.2) is 18.2 Å². The van der Waals surface area contributed by atoms with Crippen molar-refractivity contribution in [2.45, 2.75) is 13.8 Å². The van der Waals surface area contributed by atoms with Crippen molar-refractivity contribution in [3.8, 4) is 6.07 Å². The van der Waals surface area contributed by atoms with E-state index in [9.17, 15) is 4.79 Å². The van der Waals surface area contributed by atoms with Crippen LogP contribution in [-0.2, 0) is 4.79 Å². The Kier molecular flexibility index (Phi) is 2.75. The second-order valence-corrected chi connectivity index (χ2v) is 3.87. The van der Waals surface area contributed by atoms with Gasteiger partial charge in [-0.1, -0.05) is 19.9 Å². The molecule has 1 N–H and O–H groups in total. The van der Waals surface area contributed by atoms with E-state index in [2.05, 4.69) is 15.4 Å². The third-order valence-corrected chi connectivity index (χ3v) is 2.23. The molecule has 0 aromatic carbocycles. The predicted molar refractivity (Wildman–Crippen MR) is 61.2 cm³/mol. The zero-order chi connectivity index (χ0) is 12.4. The summed E-state index contributed by atoms with van der Waals surface area (Å²) in [6, 6.07) is 7.08. The minimum Gasteiger partial charge on any atom is -0.293 e. The van der Waals surface area contributed by atoms with E-state index in [-0.39, 0.29) is 17.8 Å². The molecule has 0 unspecified atom stereocenters. The molecule has 86 valence electrons. The van der Waals surface area contributed by atoms with Gasteiger partial charge in [0.05, 0.1) is 0 Å². The fourth-order valence-electron chi connectivity index (χ4n) is 1.30. The molecule has 0 saturated carbocycles. The van der Waals surface area contributed by atoms with E-state index in [0.717, 1.165) is 0 Å². The van der Waals surface area contributed by atoms with Gasteiger partial charge in [-0.3, -0.25) is 10.1 Å². The number of pyridine rings is 1. The van der Waals surface area contributed by atoms with Crippen molar-refractivity contribution < 1.29 is 4.79 Å². The van der Waals surface area contributed by atoms with E-state index in [4.69, 9.17) is 5.26 Å². The maximum Gasteiger partial charge on any atom is 0.249 e. The van der Waals surface area contributed by atoms with E-state index < -0.39 is 0 Å². The van der Waals surface area contributed by atoms with Crippen LogP contribution in [0.3, 0.4) is 0 Å². The molecule has 1 amide bonds. The Bertz CT molecular complexity index is 608. The van der Waals surface area contributed by atoms with E-state index >= 15 is 0 Å². The maximum absolute atomic E-state index is 11.5. The molecular weight excluding hydrogens is 218 g/mol. The molecule has 0 aliphatic carbocycles. The smallest absolute Gasteiger partial charge is 0.249 e. The lowest BCUT2D eigenvalue weighted by Crippen LogP contribution is -2.18. The molecule has 0 atom stereocenters. The molecule has 0 aliphatic rings. The van der Waals surface area contributed by atoms with Gasteiger partial charge in [-0.05, 0) is 12.1 Å². The van der Waals surface area contributed by atoms with Crippen molar-refractivity contribution in [1.29, 1.82) is 5.26 Å². The van der Waals surface area contributed by atoms with E-state index in [1.807, 2.05) is 6.07 Å². The van der Waals surface area contributed by atoms with Crippen molar-refractivity contribution in [2.24, 2.45) is 5.92 Å². The van der Waals surface area contributed by atoms with E-state index in [1.165, 1.54) is 4.52 Å². The van der Waals surface area contributed by atoms with Gasteiger partial charge in [-0.15, -0.1) is 5.10 Å². The lowest BCUT2D eigenvalue weighted by molar-refractivity contribution is -0.118. The van der Waals surface area contributed by atoms with Crippen molar-refractivity contribution in [3.63, 3.8) is 0 Å². The minimum absolute atomic E-state index is 0.142. The van der Waals surface area contributed by atoms with Gasteiger partial charge in [0, 0.05) is 5.92 Å². The van der Waals surface area contributed by atoms with Gasteiger partial charge in [-0.25, -0.2) is 4.52 Å². The third-order valence-electron chi connectivity index (χ3n) is 2.23. The Morgan fingerprint density at radius 3 is 2.94 bits per heavy atom. The molecule has 2 aromatic rings. The Morgan fingerprint density at radius 1 is 1.53 bits per heavy atom. The Balaban J connectivity index is 2.39. The predicted octanol–water partition coefficient (Wildman–Crippen LogP) is 1.20. The average Bonchev–Trinajstić information content (AvgIpc) is 2.70. The van der Waals surface area contributed by atoms with E-state index in [1.54, 1.807) is 32.0 Å². The summed E-state index contributed by atoms with van der Waals surface area (Å²) in [6.07, 6.45) is 0. The summed E-state index contributed by atoms with van der Waals surface area (Å²) in [6.45, 7) is 3.57. The molecule has 0 bridgehead atoms. The number of nitrogens with zero attached hydrogens (tertiary/aromatic N) is 4. The molecule has 0 radical (unpaired) electrons. The van der Waals surface area contributed by atoms with Crippen molar-refractivity contribution in [1.82, 2.24) is 14.6 Å². The second-order valence-electron chi connectivity index (χ2n) is 3.87. The summed E-state index contributed by atoms with van der Waals surface area (Å²) in [5, 5.41) is 15.5. The number of rotatable bonds is 2. The quantitative estimate of drug-likeness (QED) is 0.838. The lowest BCUT2D eigenvalue weighted by Gasteiger charge is -2.01. The van der Waals surface area contributed by atoms with Gasteiger partial charge < -0.3 is 0 Å². The number of carbonyl (C=O) groups is 1. The first-order chi connectivity index (χ1) is 8.11. The number of nitriles is 1. The second kappa shape index (κ2) is 4.22. The summed E-state index contributed by atoms with van der Waals surface area (Å²) in [5.74, 6) is -0.0807. The van der Waals surface area contributed by atoms with Gasteiger partial charge in [0.2, 0.25) is 11.9 Å². The molecule has 0 fully saturated rings. The summed E-state index contributed by atoms with van der Waals surface area (Å²) in [4.78, 5) is 15.6. The Hall–Kier alpha value is -2.42. The maximum atomic E-state index is 11.5. The topological polar surface area (TPSA) is 83.1 Å². The van der Waals surface area contributed by atoms with Crippen LogP contribution in [0.2, 0.25) is 0 Å². The van der Waals surface area contributed by atoms with Gasteiger partial charge in [0.25, 0.3) is 0 Å². The zero-order valence-corrected chi connectivity index (χ0v) is 9.51. The van der Waals surface area contributed by atoms with Crippen LogP contribution in [0.1, 0.15) is 19.5 Å². The number of aromatic nitrogens is 3. The van der Waals surface area contributed by atoms with Crippen LogP contribution in [0.25, 0.3) is 5.65 Å². The fraction of sp³-hybridized carbons (Fsp3) is 0.273. The monoisotopic (exact) mass is 229 g/mol. The average molecular weight is 229 g/mol. The summed E-state index contributed by atoms with van der Waals surface area (Å²) < 4.78 is 1.40. The molecular formula is C11H11N5O.